The number of carbonyl (C=O) groups is 1. The molecule has 0 radical (unpaired) electrons. The zero-order chi connectivity index (χ0) is 29.3. The lowest BCUT2D eigenvalue weighted by molar-refractivity contribution is -0.130. The van der Waals surface area contributed by atoms with Gasteiger partial charge in [-0.2, -0.15) is 15.0 Å². The van der Waals surface area contributed by atoms with Crippen LogP contribution in [0.4, 0.5) is 23.3 Å². The van der Waals surface area contributed by atoms with E-state index in [9.17, 15) is 4.79 Å². The molecule has 2 N–H and O–H groups in total. The highest BCUT2D eigenvalue weighted by Crippen LogP contribution is 2.30. The van der Waals surface area contributed by atoms with E-state index in [2.05, 4.69) is 79.0 Å². The Morgan fingerprint density at radius 1 is 0.628 bits per heavy atom. The average Bonchev–Trinajstić information content (AvgIpc) is 3.06. The first kappa shape index (κ1) is 28.4. The van der Waals surface area contributed by atoms with Gasteiger partial charge in [0, 0.05) is 37.6 Å². The molecule has 0 unspecified atom stereocenters. The number of piperazine rings is 1. The van der Waals surface area contributed by atoms with E-state index in [1.165, 1.54) is 22.9 Å². The van der Waals surface area contributed by atoms with Crippen molar-refractivity contribution in [3.05, 3.63) is 132 Å². The van der Waals surface area contributed by atoms with E-state index in [1.54, 1.807) is 0 Å². The Morgan fingerprint density at radius 3 is 1.53 bits per heavy atom. The highest BCUT2D eigenvalue weighted by atomic mass is 32.2. The standard InChI is InChI=1S/C34H33N7OS/c42-30(40-21-23-41(24-22-40)31(26-13-5-1-6-14-26)27-15-7-2-8-16-27)25-43-34-38-32(35-28-17-9-3-10-18-28)37-33(39-34)36-29-19-11-4-12-20-29/h1-20,31H,21-25H2,(H2,35,36,37,38,39). The molecule has 4 aromatic carbocycles. The normalized spacial score (nSPS) is 13.6. The molecule has 216 valence electrons. The third-order valence-electron chi connectivity index (χ3n) is 7.26. The molecule has 1 aliphatic heterocycles. The fourth-order valence-corrected chi connectivity index (χ4v) is 5.90. The number of carbonyl (C=O) groups excluding carboxylic acids is 1. The first-order valence-corrected chi connectivity index (χ1v) is 15.3. The molecule has 0 aliphatic carbocycles. The molecule has 1 amide bonds. The van der Waals surface area contributed by atoms with Crippen molar-refractivity contribution in [1.29, 1.82) is 0 Å². The number of nitrogens with one attached hydrogen (secondary N) is 2. The summed E-state index contributed by atoms with van der Waals surface area (Å²) >= 11 is 1.33. The zero-order valence-corrected chi connectivity index (χ0v) is 24.5. The van der Waals surface area contributed by atoms with Crippen LogP contribution >= 0.6 is 11.8 Å². The zero-order valence-electron chi connectivity index (χ0n) is 23.7. The minimum atomic E-state index is 0.0798. The number of amides is 1. The predicted octanol–water partition coefficient (Wildman–Crippen LogP) is 6.38. The van der Waals surface area contributed by atoms with E-state index in [4.69, 9.17) is 0 Å². The second-order valence-corrected chi connectivity index (χ2v) is 11.1. The SMILES string of the molecule is O=C(CSc1nc(Nc2ccccc2)nc(Nc2ccccc2)n1)N1CCN(C(c2ccccc2)c2ccccc2)CC1. The van der Waals surface area contributed by atoms with Gasteiger partial charge in [-0.05, 0) is 35.4 Å². The quantitative estimate of drug-likeness (QED) is 0.182. The number of rotatable bonds is 10. The fraction of sp³-hybridized carbons (Fsp3) is 0.176. The lowest BCUT2D eigenvalue weighted by atomic mass is 9.96. The molecule has 6 rings (SSSR count). The van der Waals surface area contributed by atoms with Gasteiger partial charge >= 0.3 is 0 Å². The predicted molar refractivity (Wildman–Crippen MR) is 173 cm³/mol. The Hall–Kier alpha value is -4.73. The Bertz CT molecular complexity index is 1500. The summed E-state index contributed by atoms with van der Waals surface area (Å²) in [6.07, 6.45) is 0. The minimum Gasteiger partial charge on any atom is -0.339 e. The van der Waals surface area contributed by atoms with E-state index < -0.39 is 0 Å². The van der Waals surface area contributed by atoms with Crippen molar-refractivity contribution in [2.45, 2.75) is 11.2 Å². The maximum absolute atomic E-state index is 13.3. The largest absolute Gasteiger partial charge is 0.339 e. The number of aromatic nitrogens is 3. The number of hydrogen-bond donors (Lipinski definition) is 2. The molecule has 1 aromatic heterocycles. The summed E-state index contributed by atoms with van der Waals surface area (Å²) in [7, 11) is 0. The lowest BCUT2D eigenvalue weighted by Gasteiger charge is -2.39. The molecule has 43 heavy (non-hydrogen) atoms. The monoisotopic (exact) mass is 587 g/mol. The van der Waals surface area contributed by atoms with Crippen molar-refractivity contribution in [2.75, 3.05) is 42.6 Å². The van der Waals surface area contributed by atoms with E-state index in [0.717, 1.165) is 24.5 Å². The van der Waals surface area contributed by atoms with Crippen molar-refractivity contribution >= 4 is 40.9 Å². The first-order valence-electron chi connectivity index (χ1n) is 14.4. The average molecular weight is 588 g/mol. The molecule has 0 bridgehead atoms. The molecule has 0 saturated carbocycles. The van der Waals surface area contributed by atoms with Crippen LogP contribution < -0.4 is 10.6 Å². The van der Waals surface area contributed by atoms with E-state index >= 15 is 0 Å². The van der Waals surface area contributed by atoms with E-state index in [0.29, 0.717) is 30.1 Å². The summed E-state index contributed by atoms with van der Waals surface area (Å²) < 4.78 is 0. The van der Waals surface area contributed by atoms with Crippen LogP contribution in [0, 0.1) is 0 Å². The number of nitrogens with zero attached hydrogens (tertiary/aromatic N) is 5. The highest BCUT2D eigenvalue weighted by Gasteiger charge is 2.28. The van der Waals surface area contributed by atoms with Crippen LogP contribution in [0.2, 0.25) is 0 Å². The number of benzene rings is 4. The summed E-state index contributed by atoms with van der Waals surface area (Å²) in [6.45, 7) is 2.95. The van der Waals surface area contributed by atoms with Crippen LogP contribution in [-0.2, 0) is 4.79 Å². The Labute approximate surface area is 256 Å². The molecule has 0 atom stereocenters. The van der Waals surface area contributed by atoms with Crippen molar-refractivity contribution < 1.29 is 4.79 Å². The molecule has 1 saturated heterocycles. The van der Waals surface area contributed by atoms with Gasteiger partial charge in [0.05, 0.1) is 11.8 Å². The van der Waals surface area contributed by atoms with E-state index in [1.807, 2.05) is 77.7 Å². The highest BCUT2D eigenvalue weighted by molar-refractivity contribution is 7.99. The van der Waals surface area contributed by atoms with Gasteiger partial charge in [-0.3, -0.25) is 9.69 Å². The first-order chi connectivity index (χ1) is 21.2. The van der Waals surface area contributed by atoms with Crippen LogP contribution in [0.5, 0.6) is 0 Å². The third-order valence-corrected chi connectivity index (χ3v) is 8.09. The van der Waals surface area contributed by atoms with Gasteiger partial charge in [0.15, 0.2) is 5.16 Å². The van der Waals surface area contributed by atoms with Crippen LogP contribution in [0.15, 0.2) is 126 Å². The molecule has 2 heterocycles. The summed E-state index contributed by atoms with van der Waals surface area (Å²) in [5, 5.41) is 6.97. The summed E-state index contributed by atoms with van der Waals surface area (Å²) in [4.78, 5) is 31.5. The van der Waals surface area contributed by atoms with E-state index in [-0.39, 0.29) is 17.7 Å². The summed E-state index contributed by atoms with van der Waals surface area (Å²) in [5.74, 6) is 1.16. The van der Waals surface area contributed by atoms with Crippen LogP contribution in [0.25, 0.3) is 0 Å². The maximum atomic E-state index is 13.3. The van der Waals surface area contributed by atoms with Gasteiger partial charge < -0.3 is 15.5 Å². The lowest BCUT2D eigenvalue weighted by Crippen LogP contribution is -2.50. The molecule has 1 aliphatic rings. The topological polar surface area (TPSA) is 86.3 Å². The molecular weight excluding hydrogens is 554 g/mol. The number of thioether (sulfide) groups is 1. The number of para-hydroxylation sites is 2. The van der Waals surface area contributed by atoms with Gasteiger partial charge in [0.25, 0.3) is 0 Å². The summed E-state index contributed by atoms with van der Waals surface area (Å²) in [6, 6.07) is 40.8. The van der Waals surface area contributed by atoms with Gasteiger partial charge in [-0.15, -0.1) is 0 Å². The van der Waals surface area contributed by atoms with Crippen molar-refractivity contribution in [3.8, 4) is 0 Å². The van der Waals surface area contributed by atoms with Gasteiger partial charge in [0.2, 0.25) is 17.8 Å². The second kappa shape index (κ2) is 14.0. The van der Waals surface area contributed by atoms with Crippen molar-refractivity contribution in [3.63, 3.8) is 0 Å². The smallest absolute Gasteiger partial charge is 0.233 e. The second-order valence-electron chi connectivity index (χ2n) is 10.2. The number of hydrogen-bond acceptors (Lipinski definition) is 8. The Balaban J connectivity index is 1.11. The fourth-order valence-electron chi connectivity index (χ4n) is 5.17. The van der Waals surface area contributed by atoms with Crippen molar-refractivity contribution in [1.82, 2.24) is 24.8 Å². The van der Waals surface area contributed by atoms with Gasteiger partial charge in [-0.1, -0.05) is 109 Å². The Morgan fingerprint density at radius 2 is 1.07 bits per heavy atom. The van der Waals surface area contributed by atoms with Crippen LogP contribution in [-0.4, -0.2) is 62.6 Å². The molecular formula is C34H33N7OS. The molecule has 5 aromatic rings. The molecule has 0 spiro atoms. The van der Waals surface area contributed by atoms with Gasteiger partial charge in [-0.25, -0.2) is 0 Å². The summed E-state index contributed by atoms with van der Waals surface area (Å²) in [5.41, 5.74) is 4.26. The number of anilines is 4. The molecule has 1 fully saturated rings. The van der Waals surface area contributed by atoms with Crippen molar-refractivity contribution in [2.24, 2.45) is 0 Å². The molecule has 8 nitrogen and oxygen atoms in total. The van der Waals surface area contributed by atoms with Gasteiger partial charge in [0.1, 0.15) is 0 Å². The maximum Gasteiger partial charge on any atom is 0.233 e. The van der Waals surface area contributed by atoms with Crippen LogP contribution in [0.3, 0.4) is 0 Å². The third kappa shape index (κ3) is 7.57. The van der Waals surface area contributed by atoms with Crippen LogP contribution in [0.1, 0.15) is 17.2 Å². The Kier molecular flexibility index (Phi) is 9.22. The molecule has 9 heteroatoms. The minimum absolute atomic E-state index is 0.0798.